The van der Waals surface area contributed by atoms with E-state index in [4.69, 9.17) is 10.00 Å². The average molecular weight is 267 g/mol. The predicted molar refractivity (Wildman–Crippen MR) is 74.6 cm³/mol. The molecule has 5 heteroatoms. The fourth-order valence-corrected chi connectivity index (χ4v) is 1.75. The van der Waals surface area contributed by atoms with Crippen LogP contribution < -0.4 is 10.1 Å². The van der Waals surface area contributed by atoms with Crippen LogP contribution in [0.25, 0.3) is 0 Å². The summed E-state index contributed by atoms with van der Waals surface area (Å²) in [6.07, 6.45) is 1.43. The Morgan fingerprint density at radius 3 is 2.85 bits per heavy atom. The first-order valence-corrected chi connectivity index (χ1v) is 5.96. The molecule has 0 saturated heterocycles. The number of methoxy groups -OCH3 is 1. The second kappa shape index (κ2) is 5.85. The van der Waals surface area contributed by atoms with Gasteiger partial charge in [-0.2, -0.15) is 5.26 Å². The summed E-state index contributed by atoms with van der Waals surface area (Å²) in [6, 6.07) is 10.4. The Kier molecular flexibility index (Phi) is 3.96. The molecule has 2 rings (SSSR count). The maximum Gasteiger partial charge on any atom is 0.255 e. The molecule has 0 saturated carbocycles. The summed E-state index contributed by atoms with van der Waals surface area (Å²) in [5, 5.41) is 11.6. The number of aromatic nitrogens is 1. The highest BCUT2D eigenvalue weighted by Crippen LogP contribution is 2.25. The maximum atomic E-state index is 12.2. The van der Waals surface area contributed by atoms with Crippen LogP contribution in [0.4, 0.5) is 5.69 Å². The number of anilines is 1. The highest BCUT2D eigenvalue weighted by atomic mass is 16.5. The van der Waals surface area contributed by atoms with Gasteiger partial charge in [0.25, 0.3) is 5.91 Å². The number of ether oxygens (including phenoxy) is 1. The fourth-order valence-electron chi connectivity index (χ4n) is 1.75. The summed E-state index contributed by atoms with van der Waals surface area (Å²) >= 11 is 0. The largest absolute Gasteiger partial charge is 0.495 e. The Balaban J connectivity index is 2.27. The van der Waals surface area contributed by atoms with Crippen molar-refractivity contribution < 1.29 is 9.53 Å². The van der Waals surface area contributed by atoms with Crippen molar-refractivity contribution in [2.24, 2.45) is 0 Å². The van der Waals surface area contributed by atoms with E-state index < -0.39 is 0 Å². The summed E-state index contributed by atoms with van der Waals surface area (Å²) in [7, 11) is 1.54. The molecule has 0 fully saturated rings. The standard InChI is InChI=1S/C15H13N3O2/c1-10-3-4-14(20-2)13(7-10)18-15(19)11-5-6-17-12(8-11)9-16/h3-8H,1-2H3,(H,18,19). The zero-order valence-electron chi connectivity index (χ0n) is 11.2. The molecule has 0 atom stereocenters. The van der Waals surface area contributed by atoms with E-state index in [-0.39, 0.29) is 11.6 Å². The predicted octanol–water partition coefficient (Wildman–Crippen LogP) is 2.52. The van der Waals surface area contributed by atoms with E-state index in [2.05, 4.69) is 10.3 Å². The summed E-state index contributed by atoms with van der Waals surface area (Å²) < 4.78 is 5.20. The van der Waals surface area contributed by atoms with Gasteiger partial charge in [-0.3, -0.25) is 4.79 Å². The number of amides is 1. The van der Waals surface area contributed by atoms with Crippen LogP contribution in [-0.2, 0) is 0 Å². The minimum atomic E-state index is -0.312. The van der Waals surface area contributed by atoms with Gasteiger partial charge in [-0.1, -0.05) is 6.07 Å². The number of pyridine rings is 1. The molecule has 0 aliphatic carbocycles. The molecule has 20 heavy (non-hydrogen) atoms. The van der Waals surface area contributed by atoms with Gasteiger partial charge >= 0.3 is 0 Å². The van der Waals surface area contributed by atoms with Crippen LogP contribution in [0.2, 0.25) is 0 Å². The van der Waals surface area contributed by atoms with E-state index in [1.54, 1.807) is 19.2 Å². The van der Waals surface area contributed by atoms with Crippen molar-refractivity contribution >= 4 is 11.6 Å². The Bertz CT molecular complexity index is 690. The van der Waals surface area contributed by atoms with Crippen molar-refractivity contribution in [2.75, 3.05) is 12.4 Å². The fraction of sp³-hybridized carbons (Fsp3) is 0.133. The Morgan fingerprint density at radius 2 is 2.15 bits per heavy atom. The third kappa shape index (κ3) is 2.93. The number of aryl methyl sites for hydroxylation is 1. The van der Waals surface area contributed by atoms with Crippen molar-refractivity contribution in [3.05, 3.63) is 53.3 Å². The third-order valence-corrected chi connectivity index (χ3v) is 2.74. The van der Waals surface area contributed by atoms with E-state index in [1.165, 1.54) is 12.3 Å². The minimum absolute atomic E-state index is 0.203. The molecular formula is C15H13N3O2. The Hall–Kier alpha value is -2.87. The van der Waals surface area contributed by atoms with Gasteiger partial charge in [0.05, 0.1) is 12.8 Å². The van der Waals surface area contributed by atoms with Crippen LogP contribution in [0.1, 0.15) is 21.6 Å². The number of nitrogens with zero attached hydrogens (tertiary/aromatic N) is 2. The molecule has 1 amide bonds. The van der Waals surface area contributed by atoms with Crippen molar-refractivity contribution in [1.82, 2.24) is 4.98 Å². The van der Waals surface area contributed by atoms with E-state index >= 15 is 0 Å². The lowest BCUT2D eigenvalue weighted by Crippen LogP contribution is -2.13. The van der Waals surface area contributed by atoms with Gasteiger partial charge in [0.2, 0.25) is 0 Å². The number of carbonyl (C=O) groups excluding carboxylic acids is 1. The molecular weight excluding hydrogens is 254 g/mol. The summed E-state index contributed by atoms with van der Waals surface area (Å²) in [5.41, 5.74) is 2.18. The molecule has 1 N–H and O–H groups in total. The molecule has 1 aromatic heterocycles. The van der Waals surface area contributed by atoms with Gasteiger partial charge in [0.1, 0.15) is 17.5 Å². The zero-order chi connectivity index (χ0) is 14.5. The van der Waals surface area contributed by atoms with Gasteiger partial charge in [-0.05, 0) is 36.8 Å². The SMILES string of the molecule is COc1ccc(C)cc1NC(=O)c1ccnc(C#N)c1. The van der Waals surface area contributed by atoms with Gasteiger partial charge in [-0.15, -0.1) is 0 Å². The van der Waals surface area contributed by atoms with Gasteiger partial charge < -0.3 is 10.1 Å². The average Bonchev–Trinajstić information content (AvgIpc) is 2.47. The van der Waals surface area contributed by atoms with Crippen molar-refractivity contribution in [3.8, 4) is 11.8 Å². The lowest BCUT2D eigenvalue weighted by atomic mass is 10.2. The van der Waals surface area contributed by atoms with Gasteiger partial charge in [-0.25, -0.2) is 4.98 Å². The number of nitrogens with one attached hydrogen (secondary N) is 1. The smallest absolute Gasteiger partial charge is 0.255 e. The van der Waals surface area contributed by atoms with Crippen LogP contribution in [-0.4, -0.2) is 18.0 Å². The van der Waals surface area contributed by atoms with Crippen LogP contribution in [0.5, 0.6) is 5.75 Å². The highest BCUT2D eigenvalue weighted by molar-refractivity contribution is 6.05. The maximum absolute atomic E-state index is 12.2. The molecule has 0 aliphatic heterocycles. The normalized spacial score (nSPS) is 9.65. The number of rotatable bonds is 3. The first-order chi connectivity index (χ1) is 9.63. The summed E-state index contributed by atoms with van der Waals surface area (Å²) in [4.78, 5) is 16.0. The second-order valence-electron chi connectivity index (χ2n) is 4.20. The number of hydrogen-bond donors (Lipinski definition) is 1. The summed E-state index contributed by atoms with van der Waals surface area (Å²) in [5.74, 6) is 0.270. The zero-order valence-corrected chi connectivity index (χ0v) is 11.2. The van der Waals surface area contributed by atoms with Crippen LogP contribution >= 0.6 is 0 Å². The van der Waals surface area contributed by atoms with Crippen LogP contribution in [0.3, 0.4) is 0 Å². The van der Waals surface area contributed by atoms with E-state index in [1.807, 2.05) is 25.1 Å². The topological polar surface area (TPSA) is 75.0 Å². The molecule has 1 heterocycles. The van der Waals surface area contributed by atoms with E-state index in [0.29, 0.717) is 17.0 Å². The second-order valence-corrected chi connectivity index (χ2v) is 4.20. The lowest BCUT2D eigenvalue weighted by Gasteiger charge is -2.11. The van der Waals surface area contributed by atoms with Gasteiger partial charge in [0.15, 0.2) is 0 Å². The molecule has 1 aromatic carbocycles. The molecule has 0 spiro atoms. The third-order valence-electron chi connectivity index (χ3n) is 2.74. The Morgan fingerprint density at radius 1 is 1.35 bits per heavy atom. The molecule has 5 nitrogen and oxygen atoms in total. The number of benzene rings is 1. The highest BCUT2D eigenvalue weighted by Gasteiger charge is 2.10. The quantitative estimate of drug-likeness (QED) is 0.927. The summed E-state index contributed by atoms with van der Waals surface area (Å²) in [6.45, 7) is 1.93. The van der Waals surface area contributed by atoms with Crippen molar-refractivity contribution in [1.29, 1.82) is 5.26 Å². The van der Waals surface area contributed by atoms with Crippen molar-refractivity contribution in [3.63, 3.8) is 0 Å². The molecule has 0 unspecified atom stereocenters. The first-order valence-electron chi connectivity index (χ1n) is 5.96. The first kappa shape index (κ1) is 13.6. The van der Waals surface area contributed by atoms with E-state index in [9.17, 15) is 4.79 Å². The lowest BCUT2D eigenvalue weighted by molar-refractivity contribution is 0.102. The molecule has 2 aromatic rings. The monoisotopic (exact) mass is 267 g/mol. The van der Waals surface area contributed by atoms with Crippen LogP contribution in [0, 0.1) is 18.3 Å². The molecule has 0 radical (unpaired) electrons. The van der Waals surface area contributed by atoms with E-state index in [0.717, 1.165) is 5.56 Å². The Labute approximate surface area is 116 Å². The number of nitriles is 1. The van der Waals surface area contributed by atoms with Crippen LogP contribution in [0.15, 0.2) is 36.5 Å². The minimum Gasteiger partial charge on any atom is -0.495 e. The molecule has 0 bridgehead atoms. The molecule has 100 valence electrons. The van der Waals surface area contributed by atoms with Crippen molar-refractivity contribution in [2.45, 2.75) is 6.92 Å². The number of hydrogen-bond acceptors (Lipinski definition) is 4. The molecule has 0 aliphatic rings. The number of carbonyl (C=O) groups is 1. The van der Waals surface area contributed by atoms with Gasteiger partial charge in [0, 0.05) is 11.8 Å².